The molecule has 1 aromatic heterocycles. The molecule has 0 radical (unpaired) electrons. The van der Waals surface area contributed by atoms with E-state index in [2.05, 4.69) is 5.10 Å². The highest BCUT2D eigenvalue weighted by molar-refractivity contribution is 5.75. The lowest BCUT2D eigenvalue weighted by molar-refractivity contribution is -0.138. The molecule has 0 bridgehead atoms. The van der Waals surface area contributed by atoms with Gasteiger partial charge in [-0.25, -0.2) is 0 Å². The number of ether oxygens (including phenoxy) is 2. The fourth-order valence-electron chi connectivity index (χ4n) is 2.60. The highest BCUT2D eigenvalue weighted by Gasteiger charge is 2.47. The molecule has 1 saturated carbocycles. The van der Waals surface area contributed by atoms with Gasteiger partial charge >= 0.3 is 0 Å². The predicted octanol–water partition coefficient (Wildman–Crippen LogP) is 2.32. The van der Waals surface area contributed by atoms with Gasteiger partial charge in [-0.1, -0.05) is 6.07 Å². The first-order valence-electron chi connectivity index (χ1n) is 6.47. The van der Waals surface area contributed by atoms with Crippen LogP contribution < -0.4 is 15.2 Å². The van der Waals surface area contributed by atoms with Gasteiger partial charge in [-0.05, 0) is 24.1 Å². The monoisotopic (exact) mass is 257 g/mol. The van der Waals surface area contributed by atoms with Crippen molar-refractivity contribution in [3.8, 4) is 22.6 Å². The van der Waals surface area contributed by atoms with E-state index in [4.69, 9.17) is 15.2 Å². The summed E-state index contributed by atoms with van der Waals surface area (Å²) in [4.78, 5) is 0. The molecule has 2 heterocycles. The number of rotatable bonds is 1. The molecule has 0 saturated heterocycles. The Morgan fingerprint density at radius 2 is 2.05 bits per heavy atom. The molecule has 98 valence electrons. The SMILES string of the molecule is Cn1ncc(-c2ccc3c(c2)OC2(CCC2)O3)c1N. The van der Waals surface area contributed by atoms with Crippen LogP contribution >= 0.6 is 0 Å². The molecule has 2 aliphatic rings. The van der Waals surface area contributed by atoms with Gasteiger partial charge in [0.05, 0.1) is 6.20 Å². The Morgan fingerprint density at radius 3 is 2.68 bits per heavy atom. The minimum Gasteiger partial charge on any atom is -0.448 e. The molecule has 1 spiro atoms. The summed E-state index contributed by atoms with van der Waals surface area (Å²) in [5.74, 6) is 1.89. The number of nitrogen functional groups attached to an aromatic ring is 1. The van der Waals surface area contributed by atoms with Gasteiger partial charge in [0.25, 0.3) is 5.79 Å². The minimum absolute atomic E-state index is 0.387. The van der Waals surface area contributed by atoms with E-state index in [1.54, 1.807) is 10.9 Å². The maximum atomic E-state index is 6.00. The van der Waals surface area contributed by atoms with E-state index in [9.17, 15) is 0 Å². The Balaban J connectivity index is 1.74. The highest BCUT2D eigenvalue weighted by atomic mass is 16.7. The van der Waals surface area contributed by atoms with Crippen LogP contribution in [-0.2, 0) is 7.05 Å². The Labute approximate surface area is 110 Å². The number of aryl methyl sites for hydroxylation is 1. The summed E-state index contributed by atoms with van der Waals surface area (Å²) in [5, 5.41) is 4.16. The molecule has 19 heavy (non-hydrogen) atoms. The first-order chi connectivity index (χ1) is 9.17. The molecular weight excluding hydrogens is 242 g/mol. The van der Waals surface area contributed by atoms with Crippen LogP contribution in [-0.4, -0.2) is 15.6 Å². The van der Waals surface area contributed by atoms with Crippen molar-refractivity contribution < 1.29 is 9.47 Å². The summed E-state index contributed by atoms with van der Waals surface area (Å²) in [6.07, 6.45) is 4.86. The van der Waals surface area contributed by atoms with Crippen LogP contribution in [0.1, 0.15) is 19.3 Å². The number of hydrogen-bond donors (Lipinski definition) is 1. The van der Waals surface area contributed by atoms with Crippen LogP contribution in [0.2, 0.25) is 0 Å². The number of benzene rings is 1. The summed E-state index contributed by atoms with van der Waals surface area (Å²) in [7, 11) is 1.83. The molecule has 0 amide bonds. The van der Waals surface area contributed by atoms with Crippen molar-refractivity contribution in [1.29, 1.82) is 0 Å². The molecule has 5 heteroatoms. The average molecular weight is 257 g/mol. The molecule has 1 fully saturated rings. The number of hydrogen-bond acceptors (Lipinski definition) is 4. The van der Waals surface area contributed by atoms with Crippen LogP contribution in [0.5, 0.6) is 11.5 Å². The molecule has 2 aromatic rings. The molecule has 2 N–H and O–H groups in total. The van der Waals surface area contributed by atoms with Gasteiger partial charge in [0, 0.05) is 25.5 Å². The largest absolute Gasteiger partial charge is 0.448 e. The van der Waals surface area contributed by atoms with E-state index in [-0.39, 0.29) is 5.79 Å². The summed E-state index contributed by atoms with van der Waals surface area (Å²) in [6, 6.07) is 5.92. The van der Waals surface area contributed by atoms with Gasteiger partial charge in [0.15, 0.2) is 11.5 Å². The summed E-state index contributed by atoms with van der Waals surface area (Å²) in [6.45, 7) is 0. The zero-order valence-corrected chi connectivity index (χ0v) is 10.7. The van der Waals surface area contributed by atoms with E-state index in [0.29, 0.717) is 5.82 Å². The maximum absolute atomic E-state index is 6.00. The van der Waals surface area contributed by atoms with Gasteiger partial charge in [0.1, 0.15) is 5.82 Å². The van der Waals surface area contributed by atoms with Crippen molar-refractivity contribution in [1.82, 2.24) is 9.78 Å². The summed E-state index contributed by atoms with van der Waals surface area (Å²) < 4.78 is 13.5. The molecule has 5 nitrogen and oxygen atoms in total. The fourth-order valence-corrected chi connectivity index (χ4v) is 2.60. The van der Waals surface area contributed by atoms with Gasteiger partial charge in [-0.15, -0.1) is 0 Å². The molecular formula is C14H15N3O2. The topological polar surface area (TPSA) is 62.3 Å². The first-order valence-corrected chi connectivity index (χ1v) is 6.47. The molecule has 0 unspecified atom stereocenters. The van der Waals surface area contributed by atoms with Crippen molar-refractivity contribution in [2.75, 3.05) is 5.73 Å². The number of aromatic nitrogens is 2. The van der Waals surface area contributed by atoms with Crippen LogP contribution in [0, 0.1) is 0 Å². The lowest BCUT2D eigenvalue weighted by Crippen LogP contribution is -2.45. The second-order valence-electron chi connectivity index (χ2n) is 5.20. The lowest BCUT2D eigenvalue weighted by Gasteiger charge is -2.35. The third-order valence-electron chi connectivity index (χ3n) is 3.95. The Hall–Kier alpha value is -2.17. The van der Waals surface area contributed by atoms with Gasteiger partial charge in [0.2, 0.25) is 0 Å². The van der Waals surface area contributed by atoms with Crippen molar-refractivity contribution >= 4 is 5.82 Å². The number of anilines is 1. The summed E-state index contributed by atoms with van der Waals surface area (Å²) in [5.41, 5.74) is 7.92. The number of nitrogens with two attached hydrogens (primary N) is 1. The predicted molar refractivity (Wildman–Crippen MR) is 70.9 cm³/mol. The maximum Gasteiger partial charge on any atom is 0.251 e. The van der Waals surface area contributed by atoms with Crippen LogP contribution in [0.15, 0.2) is 24.4 Å². The van der Waals surface area contributed by atoms with E-state index < -0.39 is 0 Å². The Morgan fingerprint density at radius 1 is 1.26 bits per heavy atom. The molecule has 0 atom stereocenters. The van der Waals surface area contributed by atoms with Crippen LogP contribution in [0.25, 0.3) is 11.1 Å². The first kappa shape index (κ1) is 10.7. The zero-order chi connectivity index (χ0) is 13.0. The number of fused-ring (bicyclic) bond motifs is 1. The van der Waals surface area contributed by atoms with Crippen molar-refractivity contribution in [3.63, 3.8) is 0 Å². The van der Waals surface area contributed by atoms with Crippen molar-refractivity contribution in [2.24, 2.45) is 7.05 Å². The fraction of sp³-hybridized carbons (Fsp3) is 0.357. The summed E-state index contributed by atoms with van der Waals surface area (Å²) >= 11 is 0. The third kappa shape index (κ3) is 1.44. The molecule has 1 aliphatic carbocycles. The molecule has 1 aromatic carbocycles. The van der Waals surface area contributed by atoms with E-state index in [0.717, 1.165) is 41.9 Å². The Kier molecular flexibility index (Phi) is 1.94. The zero-order valence-electron chi connectivity index (χ0n) is 10.7. The van der Waals surface area contributed by atoms with Crippen molar-refractivity contribution in [2.45, 2.75) is 25.0 Å². The van der Waals surface area contributed by atoms with Crippen LogP contribution in [0.4, 0.5) is 5.82 Å². The van der Waals surface area contributed by atoms with Gasteiger partial charge in [-0.2, -0.15) is 5.10 Å². The second-order valence-corrected chi connectivity index (χ2v) is 5.20. The van der Waals surface area contributed by atoms with Crippen LogP contribution in [0.3, 0.4) is 0 Å². The van der Waals surface area contributed by atoms with E-state index in [1.807, 2.05) is 25.2 Å². The molecule has 4 rings (SSSR count). The highest BCUT2D eigenvalue weighted by Crippen LogP contribution is 2.49. The van der Waals surface area contributed by atoms with E-state index in [1.165, 1.54) is 0 Å². The molecule has 1 aliphatic heterocycles. The van der Waals surface area contributed by atoms with E-state index >= 15 is 0 Å². The quantitative estimate of drug-likeness (QED) is 0.851. The smallest absolute Gasteiger partial charge is 0.251 e. The van der Waals surface area contributed by atoms with Gasteiger partial charge in [-0.3, -0.25) is 4.68 Å². The minimum atomic E-state index is -0.387. The van der Waals surface area contributed by atoms with Crippen molar-refractivity contribution in [3.05, 3.63) is 24.4 Å². The standard InChI is InChI=1S/C14H15N3O2/c1-17-13(15)10(8-16-17)9-3-4-11-12(7-9)19-14(18-11)5-2-6-14/h3-4,7-8H,2,5-6,15H2,1H3. The third-order valence-corrected chi connectivity index (χ3v) is 3.95. The lowest BCUT2D eigenvalue weighted by atomic mass is 9.91. The average Bonchev–Trinajstić information content (AvgIpc) is 2.90. The second kappa shape index (κ2) is 3.44. The Bertz CT molecular complexity index is 659. The number of nitrogens with zero attached hydrogens (tertiary/aromatic N) is 2. The normalized spacial score (nSPS) is 18.6. The van der Waals surface area contributed by atoms with Gasteiger partial charge < -0.3 is 15.2 Å².